The summed E-state index contributed by atoms with van der Waals surface area (Å²) < 4.78 is 20.3. The third kappa shape index (κ3) is 4.29. The summed E-state index contributed by atoms with van der Waals surface area (Å²) in [5.74, 6) is 0.0102. The first-order valence-electron chi connectivity index (χ1n) is 9.84. The van der Waals surface area contributed by atoms with E-state index in [0.717, 1.165) is 19.0 Å². The van der Waals surface area contributed by atoms with Crippen molar-refractivity contribution < 1.29 is 13.9 Å². The van der Waals surface area contributed by atoms with Crippen LogP contribution < -0.4 is 15.8 Å². The number of nitrogen functional groups attached to an aromatic ring is 1. The van der Waals surface area contributed by atoms with E-state index in [0.29, 0.717) is 34.9 Å². The maximum atomic E-state index is 14.4. The van der Waals surface area contributed by atoms with Crippen molar-refractivity contribution in [1.82, 2.24) is 9.97 Å². The second-order valence-electron chi connectivity index (χ2n) is 7.38. The van der Waals surface area contributed by atoms with Crippen LogP contribution in [0.1, 0.15) is 42.6 Å². The molecule has 0 spiro atoms. The van der Waals surface area contributed by atoms with Gasteiger partial charge in [0.05, 0.1) is 18.5 Å². The monoisotopic (exact) mass is 394 g/mol. The highest BCUT2D eigenvalue weighted by Gasteiger charge is 2.17. The van der Waals surface area contributed by atoms with Gasteiger partial charge in [-0.25, -0.2) is 14.4 Å². The summed E-state index contributed by atoms with van der Waals surface area (Å²) >= 11 is 0. The lowest BCUT2D eigenvalue weighted by molar-refractivity contribution is 0.102. The van der Waals surface area contributed by atoms with E-state index >= 15 is 0 Å². The number of ether oxygens (including phenoxy) is 1. The molecule has 6 nitrogen and oxygen atoms in total. The van der Waals surface area contributed by atoms with Gasteiger partial charge in [0.15, 0.2) is 5.69 Å². The SMILES string of the molecule is Nc1cccnc1C(=O)Nc1ccc2c(OCC3CCCCC3)ncc(F)c2c1. The smallest absolute Gasteiger partial charge is 0.276 e. The number of nitrogens with zero attached hydrogens (tertiary/aromatic N) is 2. The highest BCUT2D eigenvalue weighted by atomic mass is 19.1. The van der Waals surface area contributed by atoms with Gasteiger partial charge < -0.3 is 15.8 Å². The standard InChI is InChI=1S/C22H23FN4O2/c23-18-12-26-22(29-13-14-5-2-1-3-6-14)16-9-8-15(11-17(16)18)27-21(28)20-19(24)7-4-10-25-20/h4,7-12,14H,1-3,5-6,13,24H2,(H,27,28). The van der Waals surface area contributed by atoms with Crippen LogP contribution in [-0.4, -0.2) is 22.5 Å². The molecule has 1 aliphatic rings. The second kappa shape index (κ2) is 8.43. The first kappa shape index (κ1) is 19.1. The van der Waals surface area contributed by atoms with Crippen LogP contribution in [0.2, 0.25) is 0 Å². The van der Waals surface area contributed by atoms with Crippen molar-refractivity contribution in [3.05, 3.63) is 54.2 Å². The van der Waals surface area contributed by atoms with Gasteiger partial charge in [-0.15, -0.1) is 0 Å². The number of aromatic nitrogens is 2. The maximum absolute atomic E-state index is 14.4. The van der Waals surface area contributed by atoms with Crippen molar-refractivity contribution in [2.45, 2.75) is 32.1 Å². The van der Waals surface area contributed by atoms with Gasteiger partial charge in [-0.05, 0) is 49.1 Å². The van der Waals surface area contributed by atoms with Crippen molar-refractivity contribution in [2.24, 2.45) is 5.92 Å². The molecule has 2 aromatic heterocycles. The Kier molecular flexibility index (Phi) is 5.55. The number of hydrogen-bond donors (Lipinski definition) is 2. The lowest BCUT2D eigenvalue weighted by Gasteiger charge is -2.21. The summed E-state index contributed by atoms with van der Waals surface area (Å²) in [6.45, 7) is 0.588. The van der Waals surface area contributed by atoms with E-state index in [2.05, 4.69) is 15.3 Å². The molecule has 0 radical (unpaired) electrons. The summed E-state index contributed by atoms with van der Waals surface area (Å²) in [6.07, 6.45) is 8.71. The van der Waals surface area contributed by atoms with Gasteiger partial charge in [0, 0.05) is 22.7 Å². The Morgan fingerprint density at radius 1 is 1.17 bits per heavy atom. The van der Waals surface area contributed by atoms with E-state index in [4.69, 9.17) is 10.5 Å². The molecule has 1 aromatic carbocycles. The average molecular weight is 394 g/mol. The van der Waals surface area contributed by atoms with Gasteiger partial charge in [-0.1, -0.05) is 19.3 Å². The zero-order valence-corrected chi connectivity index (χ0v) is 16.0. The summed E-state index contributed by atoms with van der Waals surface area (Å²) in [7, 11) is 0. The van der Waals surface area contributed by atoms with Crippen molar-refractivity contribution >= 4 is 28.1 Å². The summed E-state index contributed by atoms with van der Waals surface area (Å²) in [4.78, 5) is 20.5. The van der Waals surface area contributed by atoms with Gasteiger partial charge in [0.2, 0.25) is 5.88 Å². The van der Waals surface area contributed by atoms with Gasteiger partial charge >= 0.3 is 0 Å². The molecule has 3 N–H and O–H groups in total. The number of nitrogens with two attached hydrogens (primary N) is 1. The molecule has 1 saturated carbocycles. The molecule has 3 aromatic rings. The molecule has 1 amide bonds. The molecule has 0 bridgehead atoms. The molecule has 1 fully saturated rings. The number of fused-ring (bicyclic) bond motifs is 1. The largest absolute Gasteiger partial charge is 0.477 e. The number of halogens is 1. The Morgan fingerprint density at radius 2 is 2.00 bits per heavy atom. The Balaban J connectivity index is 1.55. The molecular formula is C22H23FN4O2. The van der Waals surface area contributed by atoms with E-state index in [1.54, 1.807) is 30.3 Å². The first-order chi connectivity index (χ1) is 14.1. The van der Waals surface area contributed by atoms with E-state index in [9.17, 15) is 9.18 Å². The number of hydrogen-bond acceptors (Lipinski definition) is 5. The number of carbonyl (C=O) groups excluding carboxylic acids is 1. The number of nitrogens with one attached hydrogen (secondary N) is 1. The van der Waals surface area contributed by atoms with Crippen molar-refractivity contribution in [1.29, 1.82) is 0 Å². The molecule has 0 unspecified atom stereocenters. The summed E-state index contributed by atoms with van der Waals surface area (Å²) in [5.41, 5.74) is 6.64. The lowest BCUT2D eigenvalue weighted by Crippen LogP contribution is -2.16. The van der Waals surface area contributed by atoms with E-state index in [1.807, 2.05) is 0 Å². The zero-order chi connectivity index (χ0) is 20.2. The van der Waals surface area contributed by atoms with Crippen LogP contribution in [0.5, 0.6) is 5.88 Å². The molecule has 1 aliphatic carbocycles. The fourth-order valence-electron chi connectivity index (χ4n) is 3.72. The third-order valence-corrected chi connectivity index (χ3v) is 5.29. The summed E-state index contributed by atoms with van der Waals surface area (Å²) in [6, 6.07) is 8.22. The van der Waals surface area contributed by atoms with Crippen LogP contribution in [0.4, 0.5) is 15.8 Å². The number of carbonyl (C=O) groups is 1. The summed E-state index contributed by atoms with van der Waals surface area (Å²) in [5, 5.41) is 3.63. The zero-order valence-electron chi connectivity index (χ0n) is 16.0. The van der Waals surface area contributed by atoms with Crippen molar-refractivity contribution in [2.75, 3.05) is 17.7 Å². The Labute approximate surface area is 168 Å². The molecule has 0 saturated heterocycles. The number of anilines is 2. The molecule has 29 heavy (non-hydrogen) atoms. The van der Waals surface area contributed by atoms with E-state index in [1.165, 1.54) is 25.5 Å². The van der Waals surface area contributed by atoms with Crippen LogP contribution in [-0.2, 0) is 0 Å². The van der Waals surface area contributed by atoms with Crippen molar-refractivity contribution in [3.63, 3.8) is 0 Å². The van der Waals surface area contributed by atoms with Gasteiger partial charge in [-0.3, -0.25) is 4.79 Å². The highest BCUT2D eigenvalue weighted by molar-refractivity contribution is 6.07. The second-order valence-corrected chi connectivity index (χ2v) is 7.38. The molecule has 7 heteroatoms. The van der Waals surface area contributed by atoms with Crippen LogP contribution >= 0.6 is 0 Å². The number of rotatable bonds is 5. The quantitative estimate of drug-likeness (QED) is 0.662. The molecule has 0 aliphatic heterocycles. The van der Waals surface area contributed by atoms with E-state index in [-0.39, 0.29) is 11.4 Å². The Hall–Kier alpha value is -3.22. The molecule has 2 heterocycles. The van der Waals surface area contributed by atoms with Gasteiger partial charge in [0.25, 0.3) is 5.91 Å². The van der Waals surface area contributed by atoms with Crippen LogP contribution in [0.15, 0.2) is 42.7 Å². The molecule has 4 rings (SSSR count). The normalized spacial score (nSPS) is 14.7. The van der Waals surface area contributed by atoms with Crippen LogP contribution in [0.25, 0.3) is 10.8 Å². The maximum Gasteiger partial charge on any atom is 0.276 e. The lowest BCUT2D eigenvalue weighted by atomic mass is 9.90. The predicted octanol–water partition coefficient (Wildman–Crippen LogP) is 4.56. The molecule has 150 valence electrons. The first-order valence-corrected chi connectivity index (χ1v) is 9.84. The number of pyridine rings is 2. The number of amides is 1. The average Bonchev–Trinajstić information content (AvgIpc) is 2.74. The van der Waals surface area contributed by atoms with Crippen molar-refractivity contribution in [3.8, 4) is 5.88 Å². The Bertz CT molecular complexity index is 1030. The van der Waals surface area contributed by atoms with Gasteiger partial charge in [-0.2, -0.15) is 0 Å². The number of benzene rings is 1. The van der Waals surface area contributed by atoms with E-state index < -0.39 is 11.7 Å². The fraction of sp³-hybridized carbons (Fsp3) is 0.318. The fourth-order valence-corrected chi connectivity index (χ4v) is 3.72. The molecular weight excluding hydrogens is 371 g/mol. The molecule has 0 atom stereocenters. The highest BCUT2D eigenvalue weighted by Crippen LogP contribution is 2.30. The van der Waals surface area contributed by atoms with Crippen LogP contribution in [0.3, 0.4) is 0 Å². The Morgan fingerprint density at radius 3 is 2.79 bits per heavy atom. The van der Waals surface area contributed by atoms with Crippen LogP contribution in [0, 0.1) is 11.7 Å². The predicted molar refractivity (Wildman–Crippen MR) is 110 cm³/mol. The third-order valence-electron chi connectivity index (χ3n) is 5.29. The minimum atomic E-state index is -0.474. The minimum Gasteiger partial charge on any atom is -0.477 e. The minimum absolute atomic E-state index is 0.124. The van der Waals surface area contributed by atoms with Gasteiger partial charge in [0.1, 0.15) is 5.82 Å². The topological polar surface area (TPSA) is 90.1 Å².